The summed E-state index contributed by atoms with van der Waals surface area (Å²) in [6.45, 7) is 4.52. The lowest BCUT2D eigenvalue weighted by Gasteiger charge is -2.35. The van der Waals surface area contributed by atoms with E-state index in [2.05, 4.69) is 11.0 Å². The molecule has 0 spiro atoms. The Labute approximate surface area is 200 Å². The number of carbonyl (C=O) groups is 1. The van der Waals surface area contributed by atoms with Crippen LogP contribution in [0.5, 0.6) is 5.75 Å². The molecule has 9 heteroatoms. The van der Waals surface area contributed by atoms with Crippen molar-refractivity contribution < 1.29 is 27.2 Å². The fourth-order valence-electron chi connectivity index (χ4n) is 4.97. The molecule has 2 heterocycles. The first kappa shape index (κ1) is 23.0. The molecule has 0 radical (unpaired) electrons. The third-order valence-electron chi connectivity index (χ3n) is 6.89. The molecule has 5 rings (SSSR count). The molecule has 2 aromatic rings. The van der Waals surface area contributed by atoms with Crippen molar-refractivity contribution in [2.45, 2.75) is 43.4 Å². The van der Waals surface area contributed by atoms with Gasteiger partial charge in [0.05, 0.1) is 23.7 Å². The van der Waals surface area contributed by atoms with Crippen LogP contribution in [0.15, 0.2) is 35.2 Å². The van der Waals surface area contributed by atoms with Crippen LogP contribution in [0.1, 0.15) is 41.0 Å². The van der Waals surface area contributed by atoms with Crippen LogP contribution in [0.3, 0.4) is 0 Å². The van der Waals surface area contributed by atoms with Crippen LogP contribution < -0.4 is 9.64 Å². The van der Waals surface area contributed by atoms with E-state index in [0.29, 0.717) is 51.5 Å². The van der Waals surface area contributed by atoms with Gasteiger partial charge in [0.25, 0.3) is 10.1 Å². The Morgan fingerprint density at radius 3 is 2.59 bits per heavy atom. The SMILES string of the molecule is Cc1ccc(S(=O)(=O)OCCN2CCOc3cc4c(c(C5CC5)c32)CCN(C(=O)O)CC4)cc1. The fourth-order valence-corrected chi connectivity index (χ4v) is 5.86. The van der Waals surface area contributed by atoms with E-state index in [0.717, 1.165) is 29.8 Å². The average molecular weight is 487 g/mol. The van der Waals surface area contributed by atoms with Crippen LogP contribution in [0.25, 0.3) is 0 Å². The first-order valence-corrected chi connectivity index (χ1v) is 13.2. The topological polar surface area (TPSA) is 96.4 Å². The second-order valence-electron chi connectivity index (χ2n) is 9.24. The zero-order chi connectivity index (χ0) is 23.9. The Balaban J connectivity index is 1.38. The summed E-state index contributed by atoms with van der Waals surface area (Å²) in [4.78, 5) is 15.4. The lowest BCUT2D eigenvalue weighted by Crippen LogP contribution is -2.37. The number of amides is 1. The molecule has 34 heavy (non-hydrogen) atoms. The molecule has 8 nitrogen and oxygen atoms in total. The van der Waals surface area contributed by atoms with Gasteiger partial charge in [0.2, 0.25) is 0 Å². The van der Waals surface area contributed by atoms with Gasteiger partial charge in [-0.1, -0.05) is 17.7 Å². The van der Waals surface area contributed by atoms with Crippen molar-refractivity contribution in [3.05, 3.63) is 52.6 Å². The molecule has 0 saturated heterocycles. The Kier molecular flexibility index (Phi) is 6.16. The molecule has 1 N–H and O–H groups in total. The smallest absolute Gasteiger partial charge is 0.407 e. The maximum Gasteiger partial charge on any atom is 0.407 e. The van der Waals surface area contributed by atoms with Gasteiger partial charge in [-0.25, -0.2) is 4.79 Å². The van der Waals surface area contributed by atoms with Crippen molar-refractivity contribution in [3.8, 4) is 5.75 Å². The van der Waals surface area contributed by atoms with E-state index in [4.69, 9.17) is 8.92 Å². The molecule has 0 bridgehead atoms. The van der Waals surface area contributed by atoms with Crippen molar-refractivity contribution in [2.75, 3.05) is 44.3 Å². The number of fused-ring (bicyclic) bond motifs is 2. The highest BCUT2D eigenvalue weighted by Crippen LogP contribution is 2.51. The number of hydrogen-bond donors (Lipinski definition) is 1. The van der Waals surface area contributed by atoms with Crippen molar-refractivity contribution >= 4 is 21.9 Å². The number of benzene rings is 2. The largest absolute Gasteiger partial charge is 0.490 e. The Hall–Kier alpha value is -2.78. The van der Waals surface area contributed by atoms with E-state index in [1.54, 1.807) is 24.3 Å². The van der Waals surface area contributed by atoms with E-state index in [1.807, 2.05) is 6.92 Å². The van der Waals surface area contributed by atoms with Crippen LogP contribution in [-0.2, 0) is 27.1 Å². The normalized spacial score (nSPS) is 18.0. The minimum atomic E-state index is -3.82. The summed E-state index contributed by atoms with van der Waals surface area (Å²) in [5, 5.41) is 9.48. The lowest BCUT2D eigenvalue weighted by atomic mass is 9.91. The maximum atomic E-state index is 12.6. The Morgan fingerprint density at radius 1 is 1.15 bits per heavy atom. The fraction of sp³-hybridized carbons (Fsp3) is 0.480. The van der Waals surface area contributed by atoms with Crippen molar-refractivity contribution in [1.29, 1.82) is 0 Å². The predicted molar refractivity (Wildman–Crippen MR) is 127 cm³/mol. The van der Waals surface area contributed by atoms with Crippen LogP contribution in [0, 0.1) is 6.92 Å². The Morgan fingerprint density at radius 2 is 1.88 bits per heavy atom. The average Bonchev–Trinajstić information content (AvgIpc) is 3.65. The number of aryl methyl sites for hydroxylation is 1. The molecule has 1 fully saturated rings. The zero-order valence-corrected chi connectivity index (χ0v) is 20.1. The van der Waals surface area contributed by atoms with Crippen molar-refractivity contribution in [1.82, 2.24) is 4.90 Å². The zero-order valence-electron chi connectivity index (χ0n) is 19.3. The molecule has 0 atom stereocenters. The van der Waals surface area contributed by atoms with E-state index in [1.165, 1.54) is 21.6 Å². The summed E-state index contributed by atoms with van der Waals surface area (Å²) < 4.78 is 36.7. The molecule has 0 aromatic heterocycles. The monoisotopic (exact) mass is 486 g/mol. The minimum Gasteiger partial charge on any atom is -0.490 e. The molecular weight excluding hydrogens is 456 g/mol. The molecular formula is C25H30N2O6S. The molecule has 3 aliphatic rings. The summed E-state index contributed by atoms with van der Waals surface area (Å²) >= 11 is 0. The van der Waals surface area contributed by atoms with Gasteiger partial charge in [0.1, 0.15) is 12.4 Å². The number of carboxylic acid groups (broad SMARTS) is 1. The predicted octanol–water partition coefficient (Wildman–Crippen LogP) is 3.56. The van der Waals surface area contributed by atoms with E-state index in [-0.39, 0.29) is 11.5 Å². The summed E-state index contributed by atoms with van der Waals surface area (Å²) in [5.74, 6) is 1.26. The first-order valence-electron chi connectivity index (χ1n) is 11.8. The van der Waals surface area contributed by atoms with Gasteiger partial charge < -0.3 is 19.6 Å². The van der Waals surface area contributed by atoms with Crippen LogP contribution >= 0.6 is 0 Å². The summed E-state index contributed by atoms with van der Waals surface area (Å²) in [7, 11) is -3.82. The van der Waals surface area contributed by atoms with E-state index < -0.39 is 16.2 Å². The van der Waals surface area contributed by atoms with Crippen molar-refractivity contribution in [2.24, 2.45) is 0 Å². The van der Waals surface area contributed by atoms with Gasteiger partial charge in [-0.15, -0.1) is 0 Å². The van der Waals surface area contributed by atoms with Gasteiger partial charge >= 0.3 is 6.09 Å². The third-order valence-corrected chi connectivity index (χ3v) is 8.22. The van der Waals surface area contributed by atoms with Crippen LogP contribution in [0.4, 0.5) is 10.5 Å². The summed E-state index contributed by atoms with van der Waals surface area (Å²) in [5.41, 5.74) is 5.70. The van der Waals surface area contributed by atoms with Gasteiger partial charge in [-0.05, 0) is 73.4 Å². The Bertz CT molecular complexity index is 1190. The van der Waals surface area contributed by atoms with Crippen LogP contribution in [0.2, 0.25) is 0 Å². The number of ether oxygens (including phenoxy) is 1. The standard InChI is InChI=1S/C25H30N2O6S/c1-17-2-6-20(7-3-17)34(30,31)33-15-13-26-12-14-32-22-16-19-8-10-27(25(28)29)11-9-21(19)23(24(22)26)18-4-5-18/h2-3,6-7,16,18H,4-5,8-15H2,1H3,(H,28,29). The van der Waals surface area contributed by atoms with Gasteiger partial charge in [-0.3, -0.25) is 4.18 Å². The van der Waals surface area contributed by atoms with Gasteiger partial charge in [-0.2, -0.15) is 8.42 Å². The summed E-state index contributed by atoms with van der Waals surface area (Å²) in [6, 6.07) is 8.71. The number of hydrogen-bond acceptors (Lipinski definition) is 6. The highest BCUT2D eigenvalue weighted by Gasteiger charge is 2.36. The van der Waals surface area contributed by atoms with E-state index >= 15 is 0 Å². The van der Waals surface area contributed by atoms with Crippen LogP contribution in [-0.4, -0.2) is 63.9 Å². The van der Waals surface area contributed by atoms with Gasteiger partial charge in [0.15, 0.2) is 0 Å². The molecule has 2 aliphatic heterocycles. The number of nitrogens with zero attached hydrogens (tertiary/aromatic N) is 2. The molecule has 0 unspecified atom stereocenters. The quantitative estimate of drug-likeness (QED) is 0.624. The number of rotatable bonds is 6. The highest BCUT2D eigenvalue weighted by molar-refractivity contribution is 7.86. The minimum absolute atomic E-state index is 0.0453. The maximum absolute atomic E-state index is 12.6. The molecule has 1 aliphatic carbocycles. The van der Waals surface area contributed by atoms with E-state index in [9.17, 15) is 18.3 Å². The lowest BCUT2D eigenvalue weighted by molar-refractivity contribution is 0.147. The summed E-state index contributed by atoms with van der Waals surface area (Å²) in [6.07, 6.45) is 2.70. The first-order chi connectivity index (χ1) is 16.3. The molecule has 182 valence electrons. The highest BCUT2D eigenvalue weighted by atomic mass is 32.2. The molecule has 1 saturated carbocycles. The second-order valence-corrected chi connectivity index (χ2v) is 10.9. The second kappa shape index (κ2) is 9.11. The number of anilines is 1. The third kappa shape index (κ3) is 4.59. The van der Waals surface area contributed by atoms with Gasteiger partial charge in [0, 0.05) is 19.6 Å². The molecule has 1 amide bonds. The van der Waals surface area contributed by atoms with Crippen molar-refractivity contribution in [3.63, 3.8) is 0 Å². The molecule has 2 aromatic carbocycles.